The summed E-state index contributed by atoms with van der Waals surface area (Å²) in [6.07, 6.45) is 2.57. The molecule has 0 fully saturated rings. The van der Waals surface area contributed by atoms with E-state index in [0.717, 1.165) is 17.7 Å². The molecule has 0 aliphatic rings. The second-order valence-electron chi connectivity index (χ2n) is 5.50. The van der Waals surface area contributed by atoms with Gasteiger partial charge in [-0.3, -0.25) is 4.79 Å². The number of nitrogens with one attached hydrogen (secondary N) is 1. The van der Waals surface area contributed by atoms with E-state index >= 15 is 0 Å². The minimum atomic E-state index is -0.234. The van der Waals surface area contributed by atoms with E-state index in [9.17, 15) is 4.79 Å². The molecule has 0 aliphatic carbocycles. The predicted octanol–water partition coefficient (Wildman–Crippen LogP) is 3.24. The van der Waals surface area contributed by atoms with Gasteiger partial charge in [-0.25, -0.2) is 0 Å². The number of methoxy groups -OCH3 is 2. The van der Waals surface area contributed by atoms with Crippen LogP contribution in [-0.2, 0) is 6.42 Å². The topological polar surface area (TPSA) is 56.8 Å². The number of benzene rings is 2. The predicted molar refractivity (Wildman–Crippen MR) is 105 cm³/mol. The number of hydrogen-bond acceptors (Lipinski definition) is 4. The van der Waals surface area contributed by atoms with Crippen LogP contribution in [0.2, 0.25) is 0 Å². The molecule has 0 heterocycles. The number of hydrogen-bond donors (Lipinski definition) is 1. The van der Waals surface area contributed by atoms with Gasteiger partial charge in [-0.2, -0.15) is 0 Å². The number of amides is 1. The first-order chi connectivity index (χ1) is 13.2. The highest BCUT2D eigenvalue weighted by molar-refractivity contribution is 5.95. The smallest absolute Gasteiger partial charge is 0.252 e. The molecule has 1 N–H and O–H groups in total. The molecule has 2 aromatic rings. The van der Waals surface area contributed by atoms with Gasteiger partial charge >= 0.3 is 0 Å². The monoisotopic (exact) mass is 365 g/mol. The Morgan fingerprint density at radius 1 is 1.07 bits per heavy atom. The summed E-state index contributed by atoms with van der Waals surface area (Å²) in [4.78, 5) is 12.2. The minimum Gasteiger partial charge on any atom is -0.493 e. The third kappa shape index (κ3) is 5.82. The number of ether oxygens (including phenoxy) is 3. The molecule has 0 aromatic heterocycles. The van der Waals surface area contributed by atoms with Crippen molar-refractivity contribution in [2.24, 2.45) is 0 Å². The molecule has 0 spiro atoms. The molecular weight excluding hydrogens is 342 g/mol. The summed E-state index contributed by atoms with van der Waals surface area (Å²) in [6.45, 7) is 4.22. The lowest BCUT2D eigenvalue weighted by Crippen LogP contribution is -2.23. The summed E-state index contributed by atoms with van der Waals surface area (Å²) in [6, 6.07) is 12.8. The SMILES string of the molecule is C=CCc1ccccc1OCC#CCNC(=O)c1ccc(OC)c(OC)c1. The van der Waals surface area contributed by atoms with Gasteiger partial charge in [0.15, 0.2) is 11.5 Å². The highest BCUT2D eigenvalue weighted by atomic mass is 16.5. The van der Waals surface area contributed by atoms with Crippen molar-refractivity contribution in [2.75, 3.05) is 27.4 Å². The van der Waals surface area contributed by atoms with Crippen molar-refractivity contribution in [3.63, 3.8) is 0 Å². The Balaban J connectivity index is 1.83. The first-order valence-corrected chi connectivity index (χ1v) is 8.47. The molecule has 2 rings (SSSR count). The number of para-hydroxylation sites is 1. The van der Waals surface area contributed by atoms with Crippen LogP contribution in [0, 0.1) is 11.8 Å². The van der Waals surface area contributed by atoms with Gasteiger partial charge in [0.2, 0.25) is 0 Å². The van der Waals surface area contributed by atoms with E-state index in [2.05, 4.69) is 23.7 Å². The van der Waals surface area contributed by atoms with Crippen molar-refractivity contribution in [2.45, 2.75) is 6.42 Å². The Bertz CT molecular complexity index is 849. The quantitative estimate of drug-likeness (QED) is 0.576. The summed E-state index contributed by atoms with van der Waals surface area (Å²) < 4.78 is 16.0. The fraction of sp³-hybridized carbons (Fsp3) is 0.227. The Hall–Kier alpha value is -3.39. The van der Waals surface area contributed by atoms with Crippen molar-refractivity contribution in [1.29, 1.82) is 0 Å². The maximum Gasteiger partial charge on any atom is 0.252 e. The van der Waals surface area contributed by atoms with Gasteiger partial charge < -0.3 is 19.5 Å². The Kier molecular flexibility index (Phi) is 7.80. The molecule has 0 unspecified atom stereocenters. The average Bonchev–Trinajstić information content (AvgIpc) is 2.71. The number of carbonyl (C=O) groups excluding carboxylic acids is 1. The largest absolute Gasteiger partial charge is 0.493 e. The zero-order valence-electron chi connectivity index (χ0n) is 15.6. The molecule has 0 atom stereocenters. The Morgan fingerprint density at radius 3 is 2.59 bits per heavy atom. The van der Waals surface area contributed by atoms with E-state index in [0.29, 0.717) is 17.1 Å². The van der Waals surface area contributed by atoms with Crippen LogP contribution in [0.3, 0.4) is 0 Å². The van der Waals surface area contributed by atoms with Crippen molar-refractivity contribution < 1.29 is 19.0 Å². The second-order valence-corrected chi connectivity index (χ2v) is 5.50. The highest BCUT2D eigenvalue weighted by Gasteiger charge is 2.09. The first kappa shape index (κ1) is 19.9. The molecule has 0 saturated heterocycles. The Morgan fingerprint density at radius 2 is 1.85 bits per heavy atom. The van der Waals surface area contributed by atoms with E-state index in [4.69, 9.17) is 14.2 Å². The van der Waals surface area contributed by atoms with Crippen LogP contribution < -0.4 is 19.5 Å². The van der Waals surface area contributed by atoms with Crippen molar-refractivity contribution in [1.82, 2.24) is 5.32 Å². The third-order valence-corrected chi connectivity index (χ3v) is 3.74. The van der Waals surface area contributed by atoms with E-state index in [-0.39, 0.29) is 19.1 Å². The second kappa shape index (κ2) is 10.6. The van der Waals surface area contributed by atoms with Crippen LogP contribution in [0.1, 0.15) is 15.9 Å². The van der Waals surface area contributed by atoms with Crippen LogP contribution in [-0.4, -0.2) is 33.3 Å². The van der Waals surface area contributed by atoms with Crippen LogP contribution >= 0.6 is 0 Å². The molecule has 0 bridgehead atoms. The molecule has 0 radical (unpaired) electrons. The van der Waals surface area contributed by atoms with Gasteiger partial charge in [0.25, 0.3) is 5.91 Å². The molecule has 0 aliphatic heterocycles. The summed E-state index contributed by atoms with van der Waals surface area (Å²) in [5.41, 5.74) is 1.54. The fourth-order valence-corrected chi connectivity index (χ4v) is 2.40. The molecule has 2 aromatic carbocycles. The Labute approximate surface area is 159 Å². The standard InChI is InChI=1S/C22H23NO4/c1-4-9-17-10-5-6-11-19(17)27-15-8-7-14-23-22(24)18-12-13-20(25-2)21(16-18)26-3/h4-6,10-13,16H,1,9,14-15H2,2-3H3,(H,23,24). The average molecular weight is 365 g/mol. The lowest BCUT2D eigenvalue weighted by Gasteiger charge is -2.09. The van der Waals surface area contributed by atoms with E-state index in [1.54, 1.807) is 25.3 Å². The fourth-order valence-electron chi connectivity index (χ4n) is 2.40. The lowest BCUT2D eigenvalue weighted by atomic mass is 10.1. The molecule has 5 heteroatoms. The van der Waals surface area contributed by atoms with Gasteiger partial charge in [-0.15, -0.1) is 6.58 Å². The molecule has 140 valence electrons. The first-order valence-electron chi connectivity index (χ1n) is 8.47. The van der Waals surface area contributed by atoms with Gasteiger partial charge in [0.05, 0.1) is 20.8 Å². The molecular formula is C22H23NO4. The molecule has 0 saturated carbocycles. The van der Waals surface area contributed by atoms with Crippen LogP contribution in [0.25, 0.3) is 0 Å². The zero-order chi connectivity index (χ0) is 19.5. The summed E-state index contributed by atoms with van der Waals surface area (Å²) in [7, 11) is 3.07. The van der Waals surface area contributed by atoms with Gasteiger partial charge in [0, 0.05) is 5.56 Å². The molecule has 27 heavy (non-hydrogen) atoms. The number of carbonyl (C=O) groups is 1. The molecule has 1 amide bonds. The summed E-state index contributed by atoms with van der Waals surface area (Å²) >= 11 is 0. The van der Waals surface area contributed by atoms with Crippen molar-refractivity contribution in [3.8, 4) is 29.1 Å². The minimum absolute atomic E-state index is 0.227. The third-order valence-electron chi connectivity index (χ3n) is 3.74. The number of rotatable bonds is 8. The summed E-state index contributed by atoms with van der Waals surface area (Å²) in [5.74, 6) is 7.40. The van der Waals surface area contributed by atoms with Gasteiger partial charge in [-0.05, 0) is 36.2 Å². The zero-order valence-corrected chi connectivity index (χ0v) is 15.6. The molecule has 5 nitrogen and oxygen atoms in total. The van der Waals surface area contributed by atoms with Gasteiger partial charge in [-0.1, -0.05) is 36.1 Å². The van der Waals surface area contributed by atoms with Gasteiger partial charge in [0.1, 0.15) is 12.4 Å². The van der Waals surface area contributed by atoms with Crippen molar-refractivity contribution in [3.05, 3.63) is 66.2 Å². The summed E-state index contributed by atoms with van der Waals surface area (Å²) in [5, 5.41) is 2.74. The van der Waals surface area contributed by atoms with E-state index < -0.39 is 0 Å². The van der Waals surface area contributed by atoms with E-state index in [1.807, 2.05) is 30.3 Å². The van der Waals surface area contributed by atoms with Crippen LogP contribution in [0.15, 0.2) is 55.1 Å². The van der Waals surface area contributed by atoms with Crippen molar-refractivity contribution >= 4 is 5.91 Å². The normalized spacial score (nSPS) is 9.56. The van der Waals surface area contributed by atoms with E-state index in [1.165, 1.54) is 7.11 Å². The highest BCUT2D eigenvalue weighted by Crippen LogP contribution is 2.27. The van der Waals surface area contributed by atoms with Crippen LogP contribution in [0.5, 0.6) is 17.2 Å². The number of allylic oxidation sites excluding steroid dienone is 1. The maximum atomic E-state index is 12.2. The maximum absolute atomic E-state index is 12.2. The van der Waals surface area contributed by atoms with Crippen LogP contribution in [0.4, 0.5) is 0 Å². The lowest BCUT2D eigenvalue weighted by molar-refractivity contribution is 0.0958.